The SMILES string of the molecule is Cn1c(=O)/c(=C\c2ccccc2OCc2ccccc2)s/c1=C\C(=O)c1ccco1. The maximum atomic E-state index is 12.7. The number of aromatic nitrogens is 1. The highest BCUT2D eigenvalue weighted by atomic mass is 32.1. The molecule has 150 valence electrons. The number of carbonyl (C=O) groups excluding carboxylic acids is 1. The number of furan rings is 1. The standard InChI is InChI=1S/C24H19NO4S/c1-25-23(15-19(26)21-12-7-13-28-21)30-22(24(25)27)14-18-10-5-6-11-20(18)29-16-17-8-3-2-4-9-17/h2-15H,16H2,1H3/b22-14+,23-15-. The number of rotatable bonds is 6. The molecule has 4 rings (SSSR count). The summed E-state index contributed by atoms with van der Waals surface area (Å²) in [7, 11) is 1.65. The molecule has 0 atom stereocenters. The van der Waals surface area contributed by atoms with E-state index < -0.39 is 0 Å². The van der Waals surface area contributed by atoms with Gasteiger partial charge in [-0.1, -0.05) is 48.5 Å². The summed E-state index contributed by atoms with van der Waals surface area (Å²) in [5, 5.41) is 0. The van der Waals surface area contributed by atoms with Crippen molar-refractivity contribution in [3.63, 3.8) is 0 Å². The highest BCUT2D eigenvalue weighted by Gasteiger charge is 2.08. The summed E-state index contributed by atoms with van der Waals surface area (Å²) in [6.07, 6.45) is 4.65. The number of para-hydroxylation sites is 1. The van der Waals surface area contributed by atoms with E-state index in [1.165, 1.54) is 28.2 Å². The van der Waals surface area contributed by atoms with Crippen molar-refractivity contribution in [3.8, 4) is 5.75 Å². The van der Waals surface area contributed by atoms with Crippen molar-refractivity contribution in [2.45, 2.75) is 6.61 Å². The van der Waals surface area contributed by atoms with Gasteiger partial charge in [0.15, 0.2) is 5.76 Å². The van der Waals surface area contributed by atoms with E-state index in [1.807, 2.05) is 54.6 Å². The number of Topliss-reactive ketones (excluding diaryl/α,β-unsaturated/α-hetero) is 1. The van der Waals surface area contributed by atoms with Crippen molar-refractivity contribution in [2.24, 2.45) is 7.05 Å². The summed E-state index contributed by atoms with van der Waals surface area (Å²) in [6.45, 7) is 0.435. The maximum absolute atomic E-state index is 12.7. The largest absolute Gasteiger partial charge is 0.488 e. The van der Waals surface area contributed by atoms with Crippen LogP contribution in [-0.2, 0) is 13.7 Å². The molecule has 2 aromatic carbocycles. The lowest BCUT2D eigenvalue weighted by Crippen LogP contribution is -2.29. The van der Waals surface area contributed by atoms with Crippen molar-refractivity contribution in [2.75, 3.05) is 0 Å². The summed E-state index contributed by atoms with van der Waals surface area (Å²) in [6, 6.07) is 20.7. The van der Waals surface area contributed by atoms with Gasteiger partial charge in [-0.2, -0.15) is 0 Å². The molecule has 0 fully saturated rings. The van der Waals surface area contributed by atoms with Crippen LogP contribution >= 0.6 is 11.3 Å². The molecule has 4 aromatic rings. The lowest BCUT2D eigenvalue weighted by molar-refractivity contribution is 0.103. The highest BCUT2D eigenvalue weighted by molar-refractivity contribution is 7.07. The van der Waals surface area contributed by atoms with E-state index in [0.29, 0.717) is 21.6 Å². The van der Waals surface area contributed by atoms with Gasteiger partial charge in [-0.05, 0) is 29.8 Å². The molecule has 0 saturated heterocycles. The Morgan fingerprint density at radius 3 is 2.60 bits per heavy atom. The molecule has 0 aliphatic heterocycles. The Labute approximate surface area is 176 Å². The van der Waals surface area contributed by atoms with E-state index in [9.17, 15) is 9.59 Å². The van der Waals surface area contributed by atoms with Gasteiger partial charge in [0.25, 0.3) is 5.56 Å². The van der Waals surface area contributed by atoms with Crippen LogP contribution in [0.4, 0.5) is 0 Å². The minimum atomic E-state index is -0.282. The Kier molecular flexibility index (Phi) is 5.77. The molecule has 2 heterocycles. The molecule has 0 radical (unpaired) electrons. The third-order valence-corrected chi connectivity index (χ3v) is 5.64. The van der Waals surface area contributed by atoms with E-state index in [0.717, 1.165) is 11.1 Å². The van der Waals surface area contributed by atoms with Crippen molar-refractivity contribution in [3.05, 3.63) is 109 Å². The summed E-state index contributed by atoms with van der Waals surface area (Å²) in [5.74, 6) is 0.644. The molecule has 0 unspecified atom stereocenters. The van der Waals surface area contributed by atoms with Gasteiger partial charge in [0.2, 0.25) is 5.78 Å². The smallest absolute Gasteiger partial charge is 0.268 e. The van der Waals surface area contributed by atoms with Crippen LogP contribution in [-0.4, -0.2) is 10.4 Å². The molecule has 0 amide bonds. The topological polar surface area (TPSA) is 61.4 Å². The van der Waals surface area contributed by atoms with E-state index >= 15 is 0 Å². The Morgan fingerprint density at radius 1 is 1.07 bits per heavy atom. The normalized spacial score (nSPS) is 12.3. The van der Waals surface area contributed by atoms with Crippen molar-refractivity contribution >= 4 is 29.3 Å². The molecule has 6 heteroatoms. The van der Waals surface area contributed by atoms with Crippen LogP contribution in [0.25, 0.3) is 12.2 Å². The molecule has 0 aliphatic carbocycles. The fourth-order valence-electron chi connectivity index (χ4n) is 2.92. The molecule has 0 N–H and O–H groups in total. The zero-order valence-corrected chi connectivity index (χ0v) is 17.1. The molecule has 2 aromatic heterocycles. The molecular formula is C24H19NO4S. The second-order valence-corrected chi connectivity index (χ2v) is 7.67. The van der Waals surface area contributed by atoms with Crippen molar-refractivity contribution in [1.29, 1.82) is 0 Å². The van der Waals surface area contributed by atoms with Gasteiger partial charge in [-0.15, -0.1) is 11.3 Å². The lowest BCUT2D eigenvalue weighted by atomic mass is 10.2. The second kappa shape index (κ2) is 8.80. The third kappa shape index (κ3) is 4.34. The van der Waals surface area contributed by atoms with Crippen LogP contribution in [0.5, 0.6) is 5.75 Å². The third-order valence-electron chi connectivity index (χ3n) is 4.52. The first-order valence-electron chi connectivity index (χ1n) is 9.35. The Morgan fingerprint density at radius 2 is 1.83 bits per heavy atom. The maximum Gasteiger partial charge on any atom is 0.268 e. The predicted molar refractivity (Wildman–Crippen MR) is 117 cm³/mol. The highest BCUT2D eigenvalue weighted by Crippen LogP contribution is 2.20. The quantitative estimate of drug-likeness (QED) is 0.452. The van der Waals surface area contributed by atoms with Gasteiger partial charge in [0, 0.05) is 18.7 Å². The fraction of sp³-hybridized carbons (Fsp3) is 0.0833. The van der Waals surface area contributed by atoms with E-state index in [-0.39, 0.29) is 17.1 Å². The van der Waals surface area contributed by atoms with Gasteiger partial charge in [0.1, 0.15) is 17.0 Å². The van der Waals surface area contributed by atoms with E-state index in [1.54, 1.807) is 25.3 Å². The summed E-state index contributed by atoms with van der Waals surface area (Å²) < 4.78 is 13.6. The summed E-state index contributed by atoms with van der Waals surface area (Å²) in [4.78, 5) is 25.0. The zero-order valence-electron chi connectivity index (χ0n) is 16.3. The van der Waals surface area contributed by atoms with Gasteiger partial charge < -0.3 is 13.7 Å². The molecule has 0 saturated carbocycles. The van der Waals surface area contributed by atoms with Crippen LogP contribution in [0.2, 0.25) is 0 Å². The number of thiazole rings is 1. The van der Waals surface area contributed by atoms with Crippen LogP contribution in [0.3, 0.4) is 0 Å². The van der Waals surface area contributed by atoms with E-state index in [2.05, 4.69) is 0 Å². The van der Waals surface area contributed by atoms with Gasteiger partial charge in [-0.3, -0.25) is 9.59 Å². The van der Waals surface area contributed by atoms with Crippen LogP contribution < -0.4 is 19.5 Å². The van der Waals surface area contributed by atoms with Crippen LogP contribution in [0, 0.1) is 0 Å². The number of ketones is 1. The number of nitrogens with zero attached hydrogens (tertiary/aromatic N) is 1. The van der Waals surface area contributed by atoms with Crippen LogP contribution in [0.1, 0.15) is 21.7 Å². The van der Waals surface area contributed by atoms with Gasteiger partial charge >= 0.3 is 0 Å². The second-order valence-electron chi connectivity index (χ2n) is 6.61. The molecule has 5 nitrogen and oxygen atoms in total. The number of ether oxygens (including phenoxy) is 1. The van der Waals surface area contributed by atoms with Gasteiger partial charge in [0.05, 0.1) is 10.8 Å². The lowest BCUT2D eigenvalue weighted by Gasteiger charge is -2.08. The molecule has 0 spiro atoms. The summed E-state index contributed by atoms with van der Waals surface area (Å²) in [5.41, 5.74) is 1.69. The minimum absolute atomic E-state index is 0.170. The molecule has 30 heavy (non-hydrogen) atoms. The fourth-order valence-corrected chi connectivity index (χ4v) is 3.94. The number of carbonyl (C=O) groups is 1. The van der Waals surface area contributed by atoms with Crippen molar-refractivity contribution in [1.82, 2.24) is 4.57 Å². The number of hydrogen-bond donors (Lipinski definition) is 0. The first kappa shape index (κ1) is 19.7. The molecule has 0 bridgehead atoms. The number of benzene rings is 2. The minimum Gasteiger partial charge on any atom is -0.488 e. The van der Waals surface area contributed by atoms with Gasteiger partial charge in [-0.25, -0.2) is 0 Å². The molecular weight excluding hydrogens is 398 g/mol. The zero-order chi connectivity index (χ0) is 20.9. The Hall–Kier alpha value is -3.64. The van der Waals surface area contributed by atoms with Crippen LogP contribution in [0.15, 0.2) is 82.2 Å². The average Bonchev–Trinajstić information content (AvgIpc) is 3.40. The average molecular weight is 417 g/mol. The first-order chi connectivity index (χ1) is 14.6. The monoisotopic (exact) mass is 417 g/mol. The Bertz CT molecular complexity index is 1330. The van der Waals surface area contributed by atoms with Crippen molar-refractivity contribution < 1.29 is 13.9 Å². The summed E-state index contributed by atoms with van der Waals surface area (Å²) >= 11 is 1.25. The Balaban J connectivity index is 1.67. The predicted octanol–water partition coefficient (Wildman–Crippen LogP) is 3.11. The first-order valence-corrected chi connectivity index (χ1v) is 10.2. The van der Waals surface area contributed by atoms with E-state index in [4.69, 9.17) is 9.15 Å². The number of hydrogen-bond acceptors (Lipinski definition) is 5. The molecule has 0 aliphatic rings.